The number of nitrogens with zero attached hydrogens (tertiary/aromatic N) is 4. The molecule has 2 aromatic heterocycles. The van der Waals surface area contributed by atoms with E-state index in [1.807, 2.05) is 30.3 Å². The molecule has 4 aromatic rings. The first-order valence-electron chi connectivity index (χ1n) is 9.37. The summed E-state index contributed by atoms with van der Waals surface area (Å²) < 4.78 is 8.06. The molecule has 3 heterocycles. The molecule has 0 saturated heterocycles. The Labute approximate surface area is 162 Å². The predicted octanol–water partition coefficient (Wildman–Crippen LogP) is 4.54. The largest absolute Gasteiger partial charge is 0.493 e. The lowest BCUT2D eigenvalue weighted by Gasteiger charge is -2.27. The molecule has 0 aliphatic carbocycles. The van der Waals surface area contributed by atoms with Gasteiger partial charge in [0.15, 0.2) is 5.82 Å². The Morgan fingerprint density at radius 2 is 1.96 bits per heavy atom. The molecule has 28 heavy (non-hydrogen) atoms. The van der Waals surface area contributed by atoms with E-state index in [1.54, 1.807) is 18.3 Å². The molecule has 0 amide bonds. The number of hydrogen-bond donors (Lipinski definition) is 0. The first kappa shape index (κ1) is 16.5. The Balaban J connectivity index is 1.64. The first-order chi connectivity index (χ1) is 13.8. The number of ether oxygens (including phenoxy) is 1. The average Bonchev–Trinajstić information content (AvgIpc) is 3.13. The summed E-state index contributed by atoms with van der Waals surface area (Å²) in [4.78, 5) is 9.33. The zero-order valence-electron chi connectivity index (χ0n) is 15.2. The van der Waals surface area contributed by atoms with Crippen LogP contribution in [0.5, 0.6) is 5.75 Å². The average molecular weight is 366 g/mol. The SMILES string of the molecule is N#Cc1ccnc(-c2nc3ccccc3n2CC2CCOc3ccccc32)c1. The van der Waals surface area contributed by atoms with Gasteiger partial charge in [-0.1, -0.05) is 30.3 Å². The number of pyridine rings is 1. The molecule has 1 unspecified atom stereocenters. The van der Waals surface area contributed by atoms with Gasteiger partial charge in [-0.15, -0.1) is 0 Å². The Morgan fingerprint density at radius 1 is 1.11 bits per heavy atom. The van der Waals surface area contributed by atoms with E-state index in [4.69, 9.17) is 9.72 Å². The third-order valence-electron chi connectivity index (χ3n) is 5.26. The van der Waals surface area contributed by atoms with E-state index in [-0.39, 0.29) is 0 Å². The number of aromatic nitrogens is 3. The van der Waals surface area contributed by atoms with Gasteiger partial charge in [-0.25, -0.2) is 4.98 Å². The lowest BCUT2D eigenvalue weighted by molar-refractivity contribution is 0.259. The van der Waals surface area contributed by atoms with Crippen molar-refractivity contribution in [1.82, 2.24) is 14.5 Å². The molecule has 5 heteroatoms. The van der Waals surface area contributed by atoms with Crippen LogP contribution in [0.25, 0.3) is 22.6 Å². The monoisotopic (exact) mass is 366 g/mol. The van der Waals surface area contributed by atoms with Gasteiger partial charge >= 0.3 is 0 Å². The summed E-state index contributed by atoms with van der Waals surface area (Å²) in [6.45, 7) is 1.50. The van der Waals surface area contributed by atoms with Gasteiger partial charge in [-0.3, -0.25) is 4.98 Å². The third-order valence-corrected chi connectivity index (χ3v) is 5.26. The molecule has 0 spiro atoms. The Kier molecular flexibility index (Phi) is 4.02. The Morgan fingerprint density at radius 3 is 2.89 bits per heavy atom. The van der Waals surface area contributed by atoms with E-state index in [9.17, 15) is 5.26 Å². The molecule has 2 aromatic carbocycles. The van der Waals surface area contributed by atoms with Crippen LogP contribution >= 0.6 is 0 Å². The molecule has 0 N–H and O–H groups in total. The quantitative estimate of drug-likeness (QED) is 0.534. The molecule has 0 saturated carbocycles. The number of fused-ring (bicyclic) bond motifs is 2. The minimum absolute atomic E-state index is 0.334. The first-order valence-corrected chi connectivity index (χ1v) is 9.37. The highest BCUT2D eigenvalue weighted by molar-refractivity contribution is 5.80. The summed E-state index contributed by atoms with van der Waals surface area (Å²) in [5, 5.41) is 9.27. The maximum absolute atomic E-state index is 9.27. The fourth-order valence-corrected chi connectivity index (χ4v) is 3.90. The fourth-order valence-electron chi connectivity index (χ4n) is 3.90. The molecule has 0 radical (unpaired) electrons. The van der Waals surface area contributed by atoms with Crippen molar-refractivity contribution in [1.29, 1.82) is 5.26 Å². The van der Waals surface area contributed by atoms with Crippen LogP contribution in [0.4, 0.5) is 0 Å². The molecule has 0 bridgehead atoms. The number of imidazole rings is 1. The lowest BCUT2D eigenvalue weighted by atomic mass is 9.93. The second kappa shape index (κ2) is 6.82. The molecular formula is C23H18N4O. The summed E-state index contributed by atoms with van der Waals surface area (Å²) in [6, 6.07) is 22.1. The van der Waals surface area contributed by atoms with Crippen LogP contribution in [0.1, 0.15) is 23.5 Å². The normalized spacial score (nSPS) is 15.6. The predicted molar refractivity (Wildman–Crippen MR) is 107 cm³/mol. The van der Waals surface area contributed by atoms with Crippen LogP contribution in [0.2, 0.25) is 0 Å². The summed E-state index contributed by atoms with van der Waals surface area (Å²) in [5.41, 5.74) is 4.54. The third kappa shape index (κ3) is 2.80. The van der Waals surface area contributed by atoms with Crippen LogP contribution < -0.4 is 4.74 Å². The smallest absolute Gasteiger partial charge is 0.159 e. The second-order valence-electron chi connectivity index (χ2n) is 6.95. The van der Waals surface area contributed by atoms with Crippen LogP contribution in [-0.4, -0.2) is 21.1 Å². The lowest BCUT2D eigenvalue weighted by Crippen LogP contribution is -2.19. The summed E-state index contributed by atoms with van der Waals surface area (Å²) in [5.74, 6) is 2.09. The highest BCUT2D eigenvalue weighted by atomic mass is 16.5. The van der Waals surface area contributed by atoms with Crippen LogP contribution in [0, 0.1) is 11.3 Å². The number of benzene rings is 2. The number of hydrogen-bond acceptors (Lipinski definition) is 4. The molecule has 0 fully saturated rings. The zero-order valence-corrected chi connectivity index (χ0v) is 15.2. The van der Waals surface area contributed by atoms with Crippen LogP contribution in [0.3, 0.4) is 0 Å². The maximum atomic E-state index is 9.27. The second-order valence-corrected chi connectivity index (χ2v) is 6.95. The van der Waals surface area contributed by atoms with Gasteiger partial charge in [0, 0.05) is 18.7 Å². The standard InChI is InChI=1S/C23H18N4O/c24-14-16-9-11-25-20(13-16)23-26-19-6-2-3-7-21(19)27(23)15-17-10-12-28-22-8-4-1-5-18(17)22/h1-9,11,13,17H,10,12,15H2. The van der Waals surface area contributed by atoms with Crippen molar-refractivity contribution < 1.29 is 4.74 Å². The maximum Gasteiger partial charge on any atom is 0.159 e. The van der Waals surface area contributed by atoms with E-state index in [0.717, 1.165) is 41.3 Å². The fraction of sp³-hybridized carbons (Fsp3) is 0.174. The van der Waals surface area contributed by atoms with Gasteiger partial charge < -0.3 is 9.30 Å². The minimum Gasteiger partial charge on any atom is -0.493 e. The van der Waals surface area contributed by atoms with Crippen molar-refractivity contribution in [2.24, 2.45) is 0 Å². The van der Waals surface area contributed by atoms with Crippen molar-refractivity contribution in [3.05, 3.63) is 78.0 Å². The Hall–Kier alpha value is -3.65. The highest BCUT2D eigenvalue weighted by Crippen LogP contribution is 2.36. The van der Waals surface area contributed by atoms with Crippen molar-refractivity contribution in [3.63, 3.8) is 0 Å². The van der Waals surface area contributed by atoms with Gasteiger partial charge in [-0.2, -0.15) is 5.26 Å². The van der Waals surface area contributed by atoms with E-state index in [0.29, 0.717) is 18.1 Å². The van der Waals surface area contributed by atoms with Gasteiger partial charge in [0.1, 0.15) is 11.4 Å². The van der Waals surface area contributed by atoms with Gasteiger partial charge in [0.2, 0.25) is 0 Å². The number of para-hydroxylation sites is 3. The number of rotatable bonds is 3. The highest BCUT2D eigenvalue weighted by Gasteiger charge is 2.24. The molecule has 1 aliphatic rings. The number of nitriles is 1. The molecule has 5 rings (SSSR count). The summed E-state index contributed by atoms with van der Waals surface area (Å²) >= 11 is 0. The van der Waals surface area contributed by atoms with Crippen LogP contribution in [0.15, 0.2) is 66.9 Å². The van der Waals surface area contributed by atoms with Crippen LogP contribution in [-0.2, 0) is 6.54 Å². The van der Waals surface area contributed by atoms with E-state index >= 15 is 0 Å². The summed E-state index contributed by atoms with van der Waals surface area (Å²) in [6.07, 6.45) is 2.62. The van der Waals surface area contributed by atoms with E-state index in [1.165, 1.54) is 5.56 Å². The summed E-state index contributed by atoms with van der Waals surface area (Å²) in [7, 11) is 0. The Bertz CT molecular complexity index is 1200. The zero-order chi connectivity index (χ0) is 18.9. The van der Waals surface area contributed by atoms with Crippen molar-refractivity contribution in [2.45, 2.75) is 18.9 Å². The molecule has 5 nitrogen and oxygen atoms in total. The molecular weight excluding hydrogens is 348 g/mol. The van der Waals surface area contributed by atoms with Gasteiger partial charge in [-0.05, 0) is 42.3 Å². The van der Waals surface area contributed by atoms with Crippen molar-refractivity contribution in [3.8, 4) is 23.3 Å². The van der Waals surface area contributed by atoms with Crippen molar-refractivity contribution in [2.75, 3.05) is 6.61 Å². The molecule has 1 aliphatic heterocycles. The van der Waals surface area contributed by atoms with E-state index in [2.05, 4.69) is 33.8 Å². The molecule has 136 valence electrons. The topological polar surface area (TPSA) is 63.7 Å². The molecule has 1 atom stereocenters. The van der Waals surface area contributed by atoms with Crippen molar-refractivity contribution >= 4 is 11.0 Å². The van der Waals surface area contributed by atoms with E-state index < -0.39 is 0 Å². The van der Waals surface area contributed by atoms with Gasteiger partial charge in [0.05, 0.1) is 29.3 Å². The van der Waals surface area contributed by atoms with Gasteiger partial charge in [0.25, 0.3) is 0 Å². The minimum atomic E-state index is 0.334.